The molecule has 3 heteroatoms. The van der Waals surface area contributed by atoms with Gasteiger partial charge in [-0.1, -0.05) is 82.9 Å². The summed E-state index contributed by atoms with van der Waals surface area (Å²) in [6.07, 6.45) is 22.4. The van der Waals surface area contributed by atoms with Gasteiger partial charge in [-0.3, -0.25) is 0 Å². The second-order valence-electron chi connectivity index (χ2n) is 7.62. The minimum Gasteiger partial charge on any atom is -0.508 e. The minimum atomic E-state index is -0.358. The van der Waals surface area contributed by atoms with Crippen molar-refractivity contribution in [3.05, 3.63) is 42.0 Å². The summed E-state index contributed by atoms with van der Waals surface area (Å²) < 4.78 is 5.24. The van der Waals surface area contributed by atoms with E-state index >= 15 is 0 Å². The highest BCUT2D eigenvalue weighted by Crippen LogP contribution is 2.13. The molecule has 0 aromatic heterocycles. The fourth-order valence-electron chi connectivity index (χ4n) is 3.23. The Bertz CT molecular complexity index is 536. The number of carbonyl (C=O) groups excluding carboxylic acids is 1. The van der Waals surface area contributed by atoms with Crippen molar-refractivity contribution in [2.45, 2.75) is 96.8 Å². The van der Waals surface area contributed by atoms with E-state index in [1.807, 2.05) is 0 Å². The number of benzene rings is 1. The topological polar surface area (TPSA) is 46.5 Å². The fourth-order valence-corrected chi connectivity index (χ4v) is 3.23. The largest absolute Gasteiger partial charge is 0.508 e. The Morgan fingerprint density at radius 3 is 2.04 bits per heavy atom. The Labute approximate surface area is 172 Å². The molecule has 0 radical (unpaired) electrons. The zero-order chi connectivity index (χ0) is 20.3. The molecule has 0 aliphatic rings. The second kappa shape index (κ2) is 17.3. The quantitative estimate of drug-likeness (QED) is 0.170. The molecule has 0 saturated heterocycles. The molecule has 0 unspecified atom stereocenters. The first-order valence-corrected chi connectivity index (χ1v) is 11.3. The third-order valence-corrected chi connectivity index (χ3v) is 4.97. The van der Waals surface area contributed by atoms with Gasteiger partial charge >= 0.3 is 5.97 Å². The second-order valence-corrected chi connectivity index (χ2v) is 7.62. The molecule has 0 bridgehead atoms. The van der Waals surface area contributed by atoms with Gasteiger partial charge in [-0.25, -0.2) is 4.79 Å². The van der Waals surface area contributed by atoms with Crippen LogP contribution < -0.4 is 0 Å². The average Bonchev–Trinajstić information content (AvgIpc) is 2.70. The van der Waals surface area contributed by atoms with Crippen molar-refractivity contribution in [2.75, 3.05) is 6.61 Å². The lowest BCUT2D eigenvalue weighted by molar-refractivity contribution is 0.0497. The van der Waals surface area contributed by atoms with Gasteiger partial charge in [0.15, 0.2) is 0 Å². The number of hydrogen-bond donors (Lipinski definition) is 1. The molecule has 158 valence electrons. The molecular weight excluding hydrogens is 348 g/mol. The maximum Gasteiger partial charge on any atom is 0.338 e. The molecule has 1 N–H and O–H groups in total. The Hall–Kier alpha value is -1.77. The minimum absolute atomic E-state index is 0.0895. The predicted octanol–water partition coefficient (Wildman–Crippen LogP) is 7.59. The number of unbranched alkanes of at least 4 members (excludes halogenated alkanes) is 12. The van der Waals surface area contributed by atoms with Gasteiger partial charge in [-0.2, -0.15) is 0 Å². The third kappa shape index (κ3) is 13.4. The molecule has 3 nitrogen and oxygen atoms in total. The Morgan fingerprint density at radius 2 is 1.43 bits per heavy atom. The van der Waals surface area contributed by atoms with Crippen LogP contribution in [-0.4, -0.2) is 17.7 Å². The summed E-state index contributed by atoms with van der Waals surface area (Å²) in [6, 6.07) is 6.28. The van der Waals surface area contributed by atoms with Crippen LogP contribution in [0.3, 0.4) is 0 Å². The fraction of sp³-hybridized carbons (Fsp3) is 0.640. The van der Waals surface area contributed by atoms with Crippen molar-refractivity contribution >= 4 is 5.97 Å². The van der Waals surface area contributed by atoms with E-state index in [9.17, 15) is 9.90 Å². The van der Waals surface area contributed by atoms with E-state index < -0.39 is 0 Å². The maximum atomic E-state index is 11.8. The summed E-state index contributed by atoms with van der Waals surface area (Å²) in [4.78, 5) is 11.8. The Morgan fingerprint density at radius 1 is 0.857 bits per heavy atom. The predicted molar refractivity (Wildman–Crippen MR) is 118 cm³/mol. The van der Waals surface area contributed by atoms with Crippen LogP contribution in [-0.2, 0) is 4.74 Å². The monoisotopic (exact) mass is 388 g/mol. The standard InChI is InChI=1S/C25H40O3/c1-2-3-4-5-6-7-8-9-10-11-12-13-14-15-16-17-21-28-25(27)23-19-18-20-24(26)22-23/h9-10,18-20,22,26H,2-8,11-17,21H2,1H3/b10-9-. The van der Waals surface area contributed by atoms with Crippen LogP contribution in [0.15, 0.2) is 36.4 Å². The number of rotatable bonds is 17. The lowest BCUT2D eigenvalue weighted by atomic mass is 10.1. The number of phenols is 1. The zero-order valence-corrected chi connectivity index (χ0v) is 17.8. The third-order valence-electron chi connectivity index (χ3n) is 4.97. The van der Waals surface area contributed by atoms with Gasteiger partial charge in [0.05, 0.1) is 12.2 Å². The molecule has 1 aromatic rings. The summed E-state index contributed by atoms with van der Waals surface area (Å²) in [7, 11) is 0. The highest BCUT2D eigenvalue weighted by Gasteiger charge is 2.06. The molecule has 0 aliphatic heterocycles. The van der Waals surface area contributed by atoms with E-state index in [1.54, 1.807) is 18.2 Å². The van der Waals surface area contributed by atoms with E-state index in [2.05, 4.69) is 19.1 Å². The number of esters is 1. The van der Waals surface area contributed by atoms with Gasteiger partial charge < -0.3 is 9.84 Å². The van der Waals surface area contributed by atoms with E-state index in [0.717, 1.165) is 12.8 Å². The first-order chi connectivity index (χ1) is 13.7. The smallest absolute Gasteiger partial charge is 0.338 e. The maximum absolute atomic E-state index is 11.8. The average molecular weight is 389 g/mol. The van der Waals surface area contributed by atoms with Crippen LogP contribution in [0.2, 0.25) is 0 Å². The van der Waals surface area contributed by atoms with E-state index in [0.29, 0.717) is 12.2 Å². The van der Waals surface area contributed by atoms with Crippen LogP contribution in [0.5, 0.6) is 5.75 Å². The number of allylic oxidation sites excluding steroid dienone is 2. The summed E-state index contributed by atoms with van der Waals surface area (Å²) >= 11 is 0. The number of aromatic hydroxyl groups is 1. The summed E-state index contributed by atoms with van der Waals surface area (Å²) in [5.41, 5.74) is 0.407. The molecule has 0 amide bonds. The zero-order valence-electron chi connectivity index (χ0n) is 17.8. The van der Waals surface area contributed by atoms with Crippen molar-refractivity contribution in [3.63, 3.8) is 0 Å². The number of hydrogen-bond acceptors (Lipinski definition) is 3. The van der Waals surface area contributed by atoms with Crippen molar-refractivity contribution in [1.82, 2.24) is 0 Å². The molecule has 1 aromatic carbocycles. The first-order valence-electron chi connectivity index (χ1n) is 11.3. The summed E-state index contributed by atoms with van der Waals surface area (Å²) in [5.74, 6) is -0.268. The molecule has 0 atom stereocenters. The number of phenolic OH excluding ortho intramolecular Hbond substituents is 1. The lowest BCUT2D eigenvalue weighted by Crippen LogP contribution is -2.06. The molecule has 1 rings (SSSR count). The van der Waals surface area contributed by atoms with E-state index in [-0.39, 0.29) is 11.7 Å². The van der Waals surface area contributed by atoms with Crippen molar-refractivity contribution in [1.29, 1.82) is 0 Å². The lowest BCUT2D eigenvalue weighted by Gasteiger charge is -2.05. The van der Waals surface area contributed by atoms with Gasteiger partial charge in [-0.05, 0) is 50.3 Å². The molecule has 0 saturated carbocycles. The van der Waals surface area contributed by atoms with Crippen molar-refractivity contribution in [3.8, 4) is 5.75 Å². The summed E-state index contributed by atoms with van der Waals surface area (Å²) in [5, 5.41) is 9.37. The van der Waals surface area contributed by atoms with Crippen LogP contribution in [0, 0.1) is 0 Å². The Kier molecular flexibility index (Phi) is 15.0. The highest BCUT2D eigenvalue weighted by atomic mass is 16.5. The molecule has 0 aliphatic carbocycles. The molecule has 28 heavy (non-hydrogen) atoms. The van der Waals surface area contributed by atoms with E-state index in [4.69, 9.17) is 4.74 Å². The van der Waals surface area contributed by atoms with Crippen molar-refractivity contribution in [2.24, 2.45) is 0 Å². The first kappa shape index (κ1) is 24.3. The highest BCUT2D eigenvalue weighted by molar-refractivity contribution is 5.89. The van der Waals surface area contributed by atoms with Crippen molar-refractivity contribution < 1.29 is 14.6 Å². The van der Waals surface area contributed by atoms with Gasteiger partial charge in [0, 0.05) is 0 Å². The van der Waals surface area contributed by atoms with Gasteiger partial charge in [0.1, 0.15) is 5.75 Å². The SMILES string of the molecule is CCCCCCCC/C=C\CCCCCCCCOC(=O)c1cccc(O)c1. The van der Waals surface area contributed by atoms with Gasteiger partial charge in [0.2, 0.25) is 0 Å². The molecular formula is C25H40O3. The molecule has 0 heterocycles. The van der Waals surface area contributed by atoms with Gasteiger partial charge in [0.25, 0.3) is 0 Å². The van der Waals surface area contributed by atoms with Crippen LogP contribution in [0.4, 0.5) is 0 Å². The van der Waals surface area contributed by atoms with Crippen LogP contribution >= 0.6 is 0 Å². The summed E-state index contributed by atoms with van der Waals surface area (Å²) in [6.45, 7) is 2.72. The molecule has 0 spiro atoms. The Balaban J connectivity index is 1.84. The van der Waals surface area contributed by atoms with E-state index in [1.165, 1.54) is 83.1 Å². The van der Waals surface area contributed by atoms with Crippen LogP contribution in [0.1, 0.15) is 107 Å². The normalized spacial score (nSPS) is 11.2. The number of carbonyl (C=O) groups is 1. The van der Waals surface area contributed by atoms with Crippen LogP contribution in [0.25, 0.3) is 0 Å². The van der Waals surface area contributed by atoms with Gasteiger partial charge in [-0.15, -0.1) is 0 Å². The molecule has 0 fully saturated rings. The number of ether oxygens (including phenoxy) is 1.